The molecular formula is C69H121NO13. The van der Waals surface area contributed by atoms with Crippen LogP contribution in [-0.4, -0.2) is 140 Å². The van der Waals surface area contributed by atoms with Gasteiger partial charge in [-0.05, 0) is 83.5 Å². The Bertz CT molecular complexity index is 1710. The fourth-order valence-corrected chi connectivity index (χ4v) is 10.5. The minimum absolute atomic E-state index is 0.253. The molecule has 0 aromatic rings. The summed E-state index contributed by atoms with van der Waals surface area (Å²) in [5.74, 6) is -0.253. The van der Waals surface area contributed by atoms with Crippen LogP contribution in [0.25, 0.3) is 0 Å². The largest absolute Gasteiger partial charge is 0.394 e. The van der Waals surface area contributed by atoms with Gasteiger partial charge in [0.15, 0.2) is 12.6 Å². The number of rotatable bonds is 53. The van der Waals surface area contributed by atoms with Crippen LogP contribution in [0.2, 0.25) is 0 Å². The second-order valence-corrected chi connectivity index (χ2v) is 23.2. The molecule has 0 aromatic carbocycles. The van der Waals surface area contributed by atoms with Crippen LogP contribution >= 0.6 is 0 Å². The van der Waals surface area contributed by atoms with Crippen LogP contribution in [0.5, 0.6) is 0 Å². The molecule has 0 bridgehead atoms. The molecule has 0 radical (unpaired) electrons. The van der Waals surface area contributed by atoms with E-state index in [0.29, 0.717) is 12.8 Å². The summed E-state index contributed by atoms with van der Waals surface area (Å²) in [6.45, 7) is 2.66. The van der Waals surface area contributed by atoms with Crippen molar-refractivity contribution < 1.29 is 64.6 Å². The Balaban J connectivity index is 1.65. The number of unbranched alkanes of at least 4 members (excludes halogenated alkanes) is 28. The number of carbonyl (C=O) groups is 1. The third kappa shape index (κ3) is 38.1. The van der Waals surface area contributed by atoms with Crippen molar-refractivity contribution in [1.29, 1.82) is 0 Å². The molecule has 2 saturated heterocycles. The van der Waals surface area contributed by atoms with Crippen LogP contribution in [0.15, 0.2) is 85.1 Å². The molecule has 14 heteroatoms. The molecule has 12 unspecified atom stereocenters. The molecule has 2 heterocycles. The minimum Gasteiger partial charge on any atom is -0.394 e. The predicted molar refractivity (Wildman–Crippen MR) is 336 cm³/mol. The van der Waals surface area contributed by atoms with Crippen molar-refractivity contribution in [3.63, 3.8) is 0 Å². The van der Waals surface area contributed by atoms with E-state index in [1.165, 1.54) is 148 Å². The Morgan fingerprint density at radius 3 is 1.33 bits per heavy atom. The number of amides is 1. The normalized spacial score (nSPS) is 24.4. The van der Waals surface area contributed by atoms with Crippen molar-refractivity contribution in [2.45, 2.75) is 325 Å². The highest BCUT2D eigenvalue weighted by Gasteiger charge is 2.51. The molecule has 83 heavy (non-hydrogen) atoms. The number of allylic oxidation sites excluding steroid dienone is 13. The zero-order valence-electron chi connectivity index (χ0n) is 51.9. The third-order valence-corrected chi connectivity index (χ3v) is 15.8. The lowest BCUT2D eigenvalue weighted by Crippen LogP contribution is -2.65. The van der Waals surface area contributed by atoms with E-state index < -0.39 is 86.8 Å². The molecule has 2 fully saturated rings. The van der Waals surface area contributed by atoms with Gasteiger partial charge in [-0.1, -0.05) is 247 Å². The van der Waals surface area contributed by atoms with Crippen LogP contribution in [-0.2, 0) is 23.7 Å². The quantitative estimate of drug-likeness (QED) is 0.0204. The molecule has 9 N–H and O–H groups in total. The van der Waals surface area contributed by atoms with E-state index in [1.54, 1.807) is 6.08 Å². The Labute approximate surface area is 503 Å². The Morgan fingerprint density at radius 2 is 0.843 bits per heavy atom. The lowest BCUT2D eigenvalue weighted by atomic mass is 9.97. The average Bonchev–Trinajstić information content (AvgIpc) is 3.63. The smallest absolute Gasteiger partial charge is 0.220 e. The van der Waals surface area contributed by atoms with E-state index in [0.717, 1.165) is 70.6 Å². The summed E-state index contributed by atoms with van der Waals surface area (Å²) in [7, 11) is 0. The second-order valence-electron chi connectivity index (χ2n) is 23.2. The average molecular weight is 1170 g/mol. The first-order valence-corrected chi connectivity index (χ1v) is 33.3. The first-order chi connectivity index (χ1) is 40.6. The molecular weight excluding hydrogens is 1050 g/mol. The van der Waals surface area contributed by atoms with Gasteiger partial charge in [0.1, 0.15) is 48.8 Å². The van der Waals surface area contributed by atoms with Crippen LogP contribution in [0, 0.1) is 0 Å². The first kappa shape index (κ1) is 76.3. The maximum absolute atomic E-state index is 13.3. The molecule has 0 aliphatic carbocycles. The summed E-state index contributed by atoms with van der Waals surface area (Å²) in [5.41, 5.74) is 0. The highest BCUT2D eigenvalue weighted by molar-refractivity contribution is 5.76. The van der Waals surface area contributed by atoms with Crippen LogP contribution in [0.3, 0.4) is 0 Å². The summed E-state index contributed by atoms with van der Waals surface area (Å²) in [6, 6.07) is -0.940. The van der Waals surface area contributed by atoms with E-state index in [9.17, 15) is 45.6 Å². The summed E-state index contributed by atoms with van der Waals surface area (Å²) >= 11 is 0. The lowest BCUT2D eigenvalue weighted by molar-refractivity contribution is -0.359. The molecule has 0 spiro atoms. The molecule has 2 aliphatic heterocycles. The van der Waals surface area contributed by atoms with E-state index in [1.807, 2.05) is 6.08 Å². The van der Waals surface area contributed by atoms with Crippen molar-refractivity contribution in [2.24, 2.45) is 0 Å². The SMILES string of the molecule is CC/C=C\C/C=C\C/C=C\C/C=C\CCCCCCCCCCCCCCCCCCCCCCC(=O)NC(COC1OC(CO)C(OC2OC(CO)C(O)C(O)C2O)C(O)C1O)C(O)/C=C/CC/C=C/CC/C=C/CCCCCCCC. The molecule has 2 aliphatic rings. The van der Waals surface area contributed by atoms with Gasteiger partial charge >= 0.3 is 0 Å². The second kappa shape index (κ2) is 53.4. The fraction of sp³-hybridized carbons (Fsp3) is 0.783. The van der Waals surface area contributed by atoms with Gasteiger partial charge in [0.2, 0.25) is 5.91 Å². The Kier molecular flexibility index (Phi) is 49.1. The topological polar surface area (TPSA) is 228 Å². The molecule has 2 rings (SSSR count). The minimum atomic E-state index is -1.79. The van der Waals surface area contributed by atoms with Gasteiger partial charge in [0.05, 0.1) is 32.0 Å². The Hall–Kier alpha value is -2.83. The van der Waals surface area contributed by atoms with Crippen molar-refractivity contribution >= 4 is 5.91 Å². The third-order valence-electron chi connectivity index (χ3n) is 15.8. The molecule has 12 atom stereocenters. The van der Waals surface area contributed by atoms with Crippen molar-refractivity contribution in [1.82, 2.24) is 5.32 Å². The van der Waals surface area contributed by atoms with E-state index in [4.69, 9.17) is 18.9 Å². The maximum Gasteiger partial charge on any atom is 0.220 e. The number of hydrogen-bond acceptors (Lipinski definition) is 13. The van der Waals surface area contributed by atoms with E-state index in [2.05, 4.69) is 92.1 Å². The van der Waals surface area contributed by atoms with Crippen molar-refractivity contribution in [2.75, 3.05) is 19.8 Å². The van der Waals surface area contributed by atoms with E-state index in [-0.39, 0.29) is 18.9 Å². The summed E-state index contributed by atoms with van der Waals surface area (Å²) < 4.78 is 22.8. The molecule has 1 amide bonds. The van der Waals surface area contributed by atoms with Gasteiger partial charge in [-0.3, -0.25) is 4.79 Å². The number of nitrogens with one attached hydrogen (secondary N) is 1. The summed E-state index contributed by atoms with van der Waals surface area (Å²) in [5, 5.41) is 87.2. The van der Waals surface area contributed by atoms with Crippen LogP contribution < -0.4 is 5.32 Å². The molecule has 0 aromatic heterocycles. The zero-order valence-corrected chi connectivity index (χ0v) is 51.9. The Morgan fingerprint density at radius 1 is 0.446 bits per heavy atom. The standard InChI is InChI=1S/C69H121NO13/c1-3-5-7-9-11-13-15-17-19-21-22-23-24-25-26-27-28-29-30-31-32-33-34-35-36-37-39-41-43-45-47-49-51-53-61(74)70-57(58(73)52-50-48-46-44-42-40-38-20-18-16-14-12-10-8-6-4-2)56-80-68-66(79)64(77)67(60(55-72)82-68)83-69-65(78)63(76)62(75)59(54-71)81-69/h5,7,11,13,17-20,22-23,42,44,50,52,57-60,62-69,71-73,75-79H,3-4,6,8-10,12,14-16,21,24-41,43,45-49,51,53-56H2,1-2H3,(H,70,74)/b7-5-,13-11-,19-17-,20-18+,23-22-,44-42+,52-50+. The van der Waals surface area contributed by atoms with E-state index >= 15 is 0 Å². The van der Waals surface area contributed by atoms with Gasteiger partial charge in [-0.15, -0.1) is 0 Å². The number of aliphatic hydroxyl groups excluding tert-OH is 8. The highest BCUT2D eigenvalue weighted by Crippen LogP contribution is 2.30. The number of ether oxygens (including phenoxy) is 4. The first-order valence-electron chi connectivity index (χ1n) is 33.3. The van der Waals surface area contributed by atoms with Gasteiger partial charge in [0, 0.05) is 6.42 Å². The highest BCUT2D eigenvalue weighted by atomic mass is 16.7. The van der Waals surface area contributed by atoms with Crippen LogP contribution in [0.4, 0.5) is 0 Å². The van der Waals surface area contributed by atoms with Gasteiger partial charge in [-0.25, -0.2) is 0 Å². The molecule has 0 saturated carbocycles. The molecule has 480 valence electrons. The summed E-state index contributed by atoms with van der Waals surface area (Å²) in [6.07, 6.45) is 56.4. The zero-order chi connectivity index (χ0) is 60.2. The monoisotopic (exact) mass is 1170 g/mol. The molecule has 14 nitrogen and oxygen atoms in total. The van der Waals surface area contributed by atoms with Crippen LogP contribution in [0.1, 0.15) is 251 Å². The maximum atomic E-state index is 13.3. The number of aliphatic hydroxyl groups is 8. The number of carbonyl (C=O) groups excluding carboxylic acids is 1. The predicted octanol–water partition coefficient (Wildman–Crippen LogP) is 12.8. The van der Waals surface area contributed by atoms with Crippen molar-refractivity contribution in [3.8, 4) is 0 Å². The van der Waals surface area contributed by atoms with Gasteiger partial charge < -0.3 is 65.1 Å². The van der Waals surface area contributed by atoms with Crippen molar-refractivity contribution in [3.05, 3.63) is 85.1 Å². The fourth-order valence-electron chi connectivity index (χ4n) is 10.5. The van der Waals surface area contributed by atoms with Gasteiger partial charge in [-0.2, -0.15) is 0 Å². The summed E-state index contributed by atoms with van der Waals surface area (Å²) in [4.78, 5) is 13.3. The number of hydrogen-bond donors (Lipinski definition) is 9. The lowest BCUT2D eigenvalue weighted by Gasteiger charge is -2.46. The van der Waals surface area contributed by atoms with Gasteiger partial charge in [0.25, 0.3) is 0 Å².